The van der Waals surface area contributed by atoms with Gasteiger partial charge >= 0.3 is 0 Å². The number of rotatable bonds is 3. The number of hydrogen-bond donors (Lipinski definition) is 2. The fourth-order valence-electron chi connectivity index (χ4n) is 1.79. The van der Waals surface area contributed by atoms with Gasteiger partial charge in [0.05, 0.1) is 11.7 Å². The fourth-order valence-corrected chi connectivity index (χ4v) is 2.53. The van der Waals surface area contributed by atoms with Gasteiger partial charge in [-0.25, -0.2) is 0 Å². The molecule has 1 aliphatic heterocycles. The SMILES string of the molecule is CCc1ccc(C2=CSC(=NC3CC3)NN2)cc1. The molecule has 0 aromatic heterocycles. The second-order valence-electron chi connectivity index (χ2n) is 4.62. The quantitative estimate of drug-likeness (QED) is 0.876. The van der Waals surface area contributed by atoms with E-state index in [1.54, 1.807) is 11.8 Å². The lowest BCUT2D eigenvalue weighted by atomic mass is 10.1. The Kier molecular flexibility index (Phi) is 3.28. The van der Waals surface area contributed by atoms with Crippen LogP contribution in [0.15, 0.2) is 34.7 Å². The van der Waals surface area contributed by atoms with Gasteiger partial charge in [0, 0.05) is 5.41 Å². The predicted octanol–water partition coefficient (Wildman–Crippen LogP) is 2.91. The number of nitrogens with zero attached hydrogens (tertiary/aromatic N) is 1. The predicted molar refractivity (Wildman–Crippen MR) is 78.1 cm³/mol. The van der Waals surface area contributed by atoms with E-state index in [1.807, 2.05) is 0 Å². The number of thioether (sulfide) groups is 1. The Morgan fingerprint density at radius 3 is 2.56 bits per heavy atom. The molecule has 0 bridgehead atoms. The summed E-state index contributed by atoms with van der Waals surface area (Å²) < 4.78 is 0. The summed E-state index contributed by atoms with van der Waals surface area (Å²) in [6.07, 6.45) is 3.56. The van der Waals surface area contributed by atoms with Crippen LogP contribution in [0.1, 0.15) is 30.9 Å². The number of nitrogens with one attached hydrogen (secondary N) is 2. The van der Waals surface area contributed by atoms with E-state index >= 15 is 0 Å². The van der Waals surface area contributed by atoms with Crippen LogP contribution in [0.2, 0.25) is 0 Å². The van der Waals surface area contributed by atoms with Crippen molar-refractivity contribution in [3.8, 4) is 0 Å². The highest BCUT2D eigenvalue weighted by molar-refractivity contribution is 8.16. The number of aryl methyl sites for hydroxylation is 1. The first-order valence-electron chi connectivity index (χ1n) is 6.41. The van der Waals surface area contributed by atoms with Gasteiger partial charge in [-0.1, -0.05) is 43.0 Å². The van der Waals surface area contributed by atoms with Crippen LogP contribution >= 0.6 is 11.8 Å². The van der Waals surface area contributed by atoms with Crippen LogP contribution < -0.4 is 10.9 Å². The Balaban J connectivity index is 1.71. The van der Waals surface area contributed by atoms with Crippen LogP contribution in [0.25, 0.3) is 5.70 Å². The molecule has 1 saturated carbocycles. The molecule has 1 fully saturated rings. The van der Waals surface area contributed by atoms with Crippen molar-refractivity contribution in [1.29, 1.82) is 0 Å². The molecular weight excluding hydrogens is 242 g/mol. The van der Waals surface area contributed by atoms with E-state index < -0.39 is 0 Å². The first-order chi connectivity index (χ1) is 8.85. The molecule has 0 spiro atoms. The van der Waals surface area contributed by atoms with Gasteiger partial charge in [-0.15, -0.1) is 0 Å². The maximum Gasteiger partial charge on any atom is 0.180 e. The van der Waals surface area contributed by atoms with Gasteiger partial charge in [0.1, 0.15) is 0 Å². The molecule has 0 unspecified atom stereocenters. The lowest BCUT2D eigenvalue weighted by Gasteiger charge is -2.19. The molecule has 0 amide bonds. The number of aliphatic imine (C=N–C) groups is 1. The van der Waals surface area contributed by atoms with Crippen LogP contribution in [0.3, 0.4) is 0 Å². The van der Waals surface area contributed by atoms with Gasteiger partial charge in [-0.3, -0.25) is 15.8 Å². The largest absolute Gasteiger partial charge is 0.298 e. The Hall–Kier alpha value is -1.42. The van der Waals surface area contributed by atoms with Gasteiger partial charge in [0.2, 0.25) is 0 Å². The molecule has 0 atom stereocenters. The number of amidine groups is 1. The molecule has 0 saturated heterocycles. The zero-order valence-electron chi connectivity index (χ0n) is 10.4. The van der Waals surface area contributed by atoms with E-state index in [2.05, 4.69) is 52.4 Å². The number of hydrogen-bond acceptors (Lipinski definition) is 3. The molecule has 1 aromatic carbocycles. The van der Waals surface area contributed by atoms with Gasteiger partial charge in [-0.2, -0.15) is 0 Å². The van der Waals surface area contributed by atoms with E-state index in [0.29, 0.717) is 6.04 Å². The topological polar surface area (TPSA) is 36.4 Å². The van der Waals surface area contributed by atoms with Crippen LogP contribution in [0.5, 0.6) is 0 Å². The summed E-state index contributed by atoms with van der Waals surface area (Å²) >= 11 is 1.66. The average molecular weight is 259 g/mol. The summed E-state index contributed by atoms with van der Waals surface area (Å²) in [5.74, 6) is 0. The van der Waals surface area contributed by atoms with Crippen molar-refractivity contribution in [3.05, 3.63) is 40.8 Å². The standard InChI is InChI=1S/C14H17N3S/c1-2-10-3-5-11(6-4-10)13-9-18-14(17-16-13)15-12-7-8-12/h3-6,9,12,16H,2,7-8H2,1H3,(H,15,17). The minimum absolute atomic E-state index is 0.556. The number of hydrazine groups is 1. The van der Waals surface area contributed by atoms with Gasteiger partial charge in [0.15, 0.2) is 5.17 Å². The van der Waals surface area contributed by atoms with Crippen molar-refractivity contribution in [2.24, 2.45) is 4.99 Å². The molecule has 1 aliphatic carbocycles. The minimum Gasteiger partial charge on any atom is -0.298 e. The van der Waals surface area contributed by atoms with Crippen molar-refractivity contribution in [2.75, 3.05) is 0 Å². The molecule has 1 aromatic rings. The van der Waals surface area contributed by atoms with E-state index in [0.717, 1.165) is 17.3 Å². The molecule has 94 valence electrons. The Labute approximate surface area is 112 Å². The minimum atomic E-state index is 0.556. The summed E-state index contributed by atoms with van der Waals surface area (Å²) in [7, 11) is 0. The number of benzene rings is 1. The summed E-state index contributed by atoms with van der Waals surface area (Å²) in [6, 6.07) is 9.22. The van der Waals surface area contributed by atoms with Gasteiger partial charge in [0.25, 0.3) is 0 Å². The van der Waals surface area contributed by atoms with E-state index in [-0.39, 0.29) is 0 Å². The Bertz CT molecular complexity index is 486. The van der Waals surface area contributed by atoms with Crippen molar-refractivity contribution < 1.29 is 0 Å². The summed E-state index contributed by atoms with van der Waals surface area (Å²) in [5.41, 5.74) is 10.1. The highest BCUT2D eigenvalue weighted by Gasteiger charge is 2.22. The highest BCUT2D eigenvalue weighted by Crippen LogP contribution is 2.26. The van der Waals surface area contributed by atoms with E-state index in [9.17, 15) is 0 Å². The van der Waals surface area contributed by atoms with Crippen LogP contribution in [-0.2, 0) is 6.42 Å². The normalized spacial score (nSPS) is 21.2. The molecule has 2 N–H and O–H groups in total. The van der Waals surface area contributed by atoms with Crippen molar-refractivity contribution in [2.45, 2.75) is 32.2 Å². The Morgan fingerprint density at radius 2 is 2.00 bits per heavy atom. The molecule has 3 nitrogen and oxygen atoms in total. The molecule has 18 heavy (non-hydrogen) atoms. The zero-order valence-corrected chi connectivity index (χ0v) is 11.3. The van der Waals surface area contributed by atoms with E-state index in [1.165, 1.54) is 24.0 Å². The molecule has 0 radical (unpaired) electrons. The highest BCUT2D eigenvalue weighted by atomic mass is 32.2. The third kappa shape index (κ3) is 2.70. The monoisotopic (exact) mass is 259 g/mol. The first-order valence-corrected chi connectivity index (χ1v) is 7.29. The lowest BCUT2D eigenvalue weighted by Crippen LogP contribution is -2.37. The lowest BCUT2D eigenvalue weighted by molar-refractivity contribution is 0.838. The maximum atomic E-state index is 4.56. The second kappa shape index (κ2) is 5.06. The smallest absolute Gasteiger partial charge is 0.180 e. The Morgan fingerprint density at radius 1 is 1.22 bits per heavy atom. The maximum absolute atomic E-state index is 4.56. The van der Waals surface area contributed by atoms with Crippen LogP contribution in [0.4, 0.5) is 0 Å². The third-order valence-electron chi connectivity index (χ3n) is 3.11. The van der Waals surface area contributed by atoms with Crippen molar-refractivity contribution >= 4 is 22.6 Å². The fraction of sp³-hybridized carbons (Fsp3) is 0.357. The van der Waals surface area contributed by atoms with Crippen molar-refractivity contribution in [3.63, 3.8) is 0 Å². The van der Waals surface area contributed by atoms with Crippen LogP contribution in [0, 0.1) is 0 Å². The second-order valence-corrected chi connectivity index (χ2v) is 5.47. The third-order valence-corrected chi connectivity index (χ3v) is 3.90. The first kappa shape index (κ1) is 11.7. The molecule has 4 heteroatoms. The zero-order chi connectivity index (χ0) is 12.4. The molecule has 1 heterocycles. The summed E-state index contributed by atoms with van der Waals surface area (Å²) in [5, 5.41) is 3.10. The van der Waals surface area contributed by atoms with Crippen LogP contribution in [-0.4, -0.2) is 11.2 Å². The molecule has 3 rings (SSSR count). The molecular formula is C14H17N3S. The van der Waals surface area contributed by atoms with Gasteiger partial charge in [-0.05, 0) is 30.4 Å². The summed E-state index contributed by atoms with van der Waals surface area (Å²) in [6.45, 7) is 2.17. The van der Waals surface area contributed by atoms with Gasteiger partial charge < -0.3 is 0 Å². The van der Waals surface area contributed by atoms with E-state index in [4.69, 9.17) is 0 Å². The average Bonchev–Trinajstić information content (AvgIpc) is 3.24. The van der Waals surface area contributed by atoms with Crippen molar-refractivity contribution in [1.82, 2.24) is 10.9 Å². The summed E-state index contributed by atoms with van der Waals surface area (Å²) in [4.78, 5) is 4.56. The molecule has 2 aliphatic rings.